The van der Waals surface area contributed by atoms with E-state index in [9.17, 15) is 0 Å². The Hall–Kier alpha value is -1.90. The number of nitrogens with one attached hydrogen (secondary N) is 1. The fourth-order valence-corrected chi connectivity index (χ4v) is 1.37. The smallest absolute Gasteiger partial charge is 0.159 e. The molecule has 76 valence electrons. The summed E-state index contributed by atoms with van der Waals surface area (Å²) in [6, 6.07) is 9.95. The number of hydrogen-bond donors (Lipinski definition) is 1. The first-order valence-electron chi connectivity index (χ1n) is 4.87. The van der Waals surface area contributed by atoms with E-state index in [0.717, 1.165) is 22.8 Å². The van der Waals surface area contributed by atoms with Crippen molar-refractivity contribution in [1.82, 2.24) is 9.97 Å². The quantitative estimate of drug-likeness (QED) is 0.807. The predicted molar refractivity (Wildman–Crippen MR) is 61.8 cm³/mol. The SMILES string of the molecule is CNc1ccc(-c2nccc(C)n2)cc1. The van der Waals surface area contributed by atoms with Crippen LogP contribution in [-0.2, 0) is 0 Å². The molecule has 0 amide bonds. The summed E-state index contributed by atoms with van der Waals surface area (Å²) in [5, 5.41) is 3.08. The molecule has 3 heteroatoms. The van der Waals surface area contributed by atoms with Gasteiger partial charge in [-0.05, 0) is 37.3 Å². The molecule has 1 heterocycles. The van der Waals surface area contributed by atoms with Crippen LogP contribution in [0.2, 0.25) is 0 Å². The Morgan fingerprint density at radius 3 is 2.40 bits per heavy atom. The topological polar surface area (TPSA) is 37.8 Å². The van der Waals surface area contributed by atoms with E-state index in [-0.39, 0.29) is 0 Å². The van der Waals surface area contributed by atoms with Gasteiger partial charge in [-0.3, -0.25) is 0 Å². The van der Waals surface area contributed by atoms with Crippen molar-refractivity contribution >= 4 is 5.69 Å². The van der Waals surface area contributed by atoms with Crippen LogP contribution in [0.1, 0.15) is 5.69 Å². The molecule has 0 saturated heterocycles. The first kappa shape index (κ1) is 9.65. The largest absolute Gasteiger partial charge is 0.388 e. The summed E-state index contributed by atoms with van der Waals surface area (Å²) in [5.41, 5.74) is 3.11. The minimum absolute atomic E-state index is 0.776. The lowest BCUT2D eigenvalue weighted by Crippen LogP contribution is -1.91. The van der Waals surface area contributed by atoms with Crippen molar-refractivity contribution in [3.8, 4) is 11.4 Å². The summed E-state index contributed by atoms with van der Waals surface area (Å²) in [6.07, 6.45) is 1.78. The molecule has 0 saturated carbocycles. The highest BCUT2D eigenvalue weighted by atomic mass is 14.9. The summed E-state index contributed by atoms with van der Waals surface area (Å²) in [4.78, 5) is 8.60. The van der Waals surface area contributed by atoms with Gasteiger partial charge in [-0.15, -0.1) is 0 Å². The Kier molecular flexibility index (Phi) is 2.63. The molecular weight excluding hydrogens is 186 g/mol. The molecule has 2 rings (SSSR count). The second-order valence-corrected chi connectivity index (χ2v) is 3.35. The number of aromatic nitrogens is 2. The third-order valence-electron chi connectivity index (χ3n) is 2.23. The lowest BCUT2D eigenvalue weighted by Gasteiger charge is -2.02. The van der Waals surface area contributed by atoms with Gasteiger partial charge in [-0.25, -0.2) is 9.97 Å². The molecular formula is C12H13N3. The van der Waals surface area contributed by atoms with Gasteiger partial charge >= 0.3 is 0 Å². The Labute approximate surface area is 89.2 Å². The van der Waals surface area contributed by atoms with Crippen LogP contribution >= 0.6 is 0 Å². The summed E-state index contributed by atoms with van der Waals surface area (Å²) >= 11 is 0. The minimum atomic E-state index is 0.776. The van der Waals surface area contributed by atoms with Crippen LogP contribution in [0.15, 0.2) is 36.5 Å². The van der Waals surface area contributed by atoms with Crippen LogP contribution in [0.4, 0.5) is 5.69 Å². The zero-order chi connectivity index (χ0) is 10.7. The second-order valence-electron chi connectivity index (χ2n) is 3.35. The Bertz CT molecular complexity index is 449. The summed E-state index contributed by atoms with van der Waals surface area (Å²) in [6.45, 7) is 1.97. The maximum Gasteiger partial charge on any atom is 0.159 e. The highest BCUT2D eigenvalue weighted by molar-refractivity contribution is 5.59. The monoisotopic (exact) mass is 199 g/mol. The van der Waals surface area contributed by atoms with Crippen molar-refractivity contribution in [3.05, 3.63) is 42.2 Å². The standard InChI is InChI=1S/C12H13N3/c1-9-7-8-14-12(15-9)10-3-5-11(13-2)6-4-10/h3-8,13H,1-2H3. The van der Waals surface area contributed by atoms with Crippen molar-refractivity contribution < 1.29 is 0 Å². The minimum Gasteiger partial charge on any atom is -0.388 e. The van der Waals surface area contributed by atoms with E-state index in [0.29, 0.717) is 0 Å². The number of nitrogens with zero attached hydrogens (tertiary/aromatic N) is 2. The molecule has 0 bridgehead atoms. The number of anilines is 1. The first-order chi connectivity index (χ1) is 7.29. The maximum atomic E-state index is 4.37. The van der Waals surface area contributed by atoms with Gasteiger partial charge in [0.05, 0.1) is 0 Å². The van der Waals surface area contributed by atoms with Gasteiger partial charge in [-0.1, -0.05) is 0 Å². The molecule has 1 N–H and O–H groups in total. The Morgan fingerprint density at radius 1 is 1.07 bits per heavy atom. The lowest BCUT2D eigenvalue weighted by molar-refractivity contribution is 1.11. The Morgan fingerprint density at radius 2 is 1.80 bits per heavy atom. The van der Waals surface area contributed by atoms with Crippen molar-refractivity contribution in [1.29, 1.82) is 0 Å². The summed E-state index contributed by atoms with van der Waals surface area (Å²) in [7, 11) is 1.90. The average Bonchev–Trinajstić information content (AvgIpc) is 2.29. The van der Waals surface area contributed by atoms with Gasteiger partial charge in [0.1, 0.15) is 0 Å². The van der Waals surface area contributed by atoms with Gasteiger partial charge in [0, 0.05) is 30.2 Å². The lowest BCUT2D eigenvalue weighted by atomic mass is 10.2. The van der Waals surface area contributed by atoms with Gasteiger partial charge in [-0.2, -0.15) is 0 Å². The van der Waals surface area contributed by atoms with Crippen LogP contribution < -0.4 is 5.32 Å². The molecule has 0 fully saturated rings. The molecule has 0 aliphatic rings. The van der Waals surface area contributed by atoms with E-state index in [1.807, 2.05) is 44.3 Å². The molecule has 0 aliphatic carbocycles. The van der Waals surface area contributed by atoms with Gasteiger partial charge < -0.3 is 5.32 Å². The molecule has 1 aromatic carbocycles. The average molecular weight is 199 g/mol. The third-order valence-corrected chi connectivity index (χ3v) is 2.23. The third kappa shape index (κ3) is 2.13. The zero-order valence-corrected chi connectivity index (χ0v) is 8.86. The normalized spacial score (nSPS) is 10.0. The number of rotatable bonds is 2. The summed E-state index contributed by atoms with van der Waals surface area (Å²) < 4.78 is 0. The van der Waals surface area contributed by atoms with Gasteiger partial charge in [0.25, 0.3) is 0 Å². The van der Waals surface area contributed by atoms with E-state index in [2.05, 4.69) is 15.3 Å². The maximum absolute atomic E-state index is 4.37. The molecule has 1 aromatic heterocycles. The highest BCUT2D eigenvalue weighted by Gasteiger charge is 2.00. The molecule has 0 unspecified atom stereocenters. The first-order valence-corrected chi connectivity index (χ1v) is 4.87. The second kappa shape index (κ2) is 4.09. The molecule has 15 heavy (non-hydrogen) atoms. The number of benzene rings is 1. The van der Waals surface area contributed by atoms with Crippen molar-refractivity contribution in [3.63, 3.8) is 0 Å². The molecule has 0 aliphatic heterocycles. The van der Waals surface area contributed by atoms with E-state index in [1.165, 1.54) is 0 Å². The van der Waals surface area contributed by atoms with Crippen LogP contribution in [0.5, 0.6) is 0 Å². The molecule has 3 nitrogen and oxygen atoms in total. The van der Waals surface area contributed by atoms with Crippen LogP contribution in [0, 0.1) is 6.92 Å². The molecule has 0 spiro atoms. The number of hydrogen-bond acceptors (Lipinski definition) is 3. The van der Waals surface area contributed by atoms with Crippen LogP contribution in [-0.4, -0.2) is 17.0 Å². The van der Waals surface area contributed by atoms with Crippen LogP contribution in [0.3, 0.4) is 0 Å². The van der Waals surface area contributed by atoms with E-state index in [4.69, 9.17) is 0 Å². The Balaban J connectivity index is 2.37. The van der Waals surface area contributed by atoms with Crippen molar-refractivity contribution in [2.75, 3.05) is 12.4 Å². The van der Waals surface area contributed by atoms with Crippen LogP contribution in [0.25, 0.3) is 11.4 Å². The van der Waals surface area contributed by atoms with Crippen molar-refractivity contribution in [2.24, 2.45) is 0 Å². The zero-order valence-electron chi connectivity index (χ0n) is 8.86. The fraction of sp³-hybridized carbons (Fsp3) is 0.167. The van der Waals surface area contributed by atoms with Gasteiger partial charge in [0.15, 0.2) is 5.82 Å². The van der Waals surface area contributed by atoms with Crippen molar-refractivity contribution in [2.45, 2.75) is 6.92 Å². The number of aryl methyl sites for hydroxylation is 1. The predicted octanol–water partition coefficient (Wildman–Crippen LogP) is 2.49. The summed E-state index contributed by atoms with van der Waals surface area (Å²) in [5.74, 6) is 0.776. The molecule has 0 radical (unpaired) electrons. The van der Waals surface area contributed by atoms with E-state index in [1.54, 1.807) is 6.20 Å². The van der Waals surface area contributed by atoms with E-state index >= 15 is 0 Å². The van der Waals surface area contributed by atoms with Gasteiger partial charge in [0.2, 0.25) is 0 Å². The fourth-order valence-electron chi connectivity index (χ4n) is 1.37. The van der Waals surface area contributed by atoms with E-state index < -0.39 is 0 Å². The molecule has 2 aromatic rings. The molecule has 0 atom stereocenters. The highest BCUT2D eigenvalue weighted by Crippen LogP contribution is 2.17.